The predicted octanol–water partition coefficient (Wildman–Crippen LogP) is 7.33. The number of rotatable bonds is 22. The molecule has 0 fully saturated rings. The van der Waals surface area contributed by atoms with Crippen molar-refractivity contribution in [1.82, 2.24) is 0 Å². The smallest absolute Gasteiger partial charge is 1.00 e. The third kappa shape index (κ3) is 49.3. The first-order valence-electron chi connectivity index (χ1n) is 27.3. The van der Waals surface area contributed by atoms with Gasteiger partial charge in [-0.3, -0.25) is 18.2 Å². The maximum absolute atomic E-state index is 13.2. The summed E-state index contributed by atoms with van der Waals surface area (Å²) in [5, 5.41) is 19.1. The Bertz CT molecular complexity index is 3540. The number of carbonyl (C=O) groups is 2. The van der Waals surface area contributed by atoms with E-state index in [1.807, 2.05) is 6.07 Å². The quantitative estimate of drug-likeness (QED) is 0.00773. The van der Waals surface area contributed by atoms with E-state index in [2.05, 4.69) is 31.7 Å². The summed E-state index contributed by atoms with van der Waals surface area (Å²) in [5.74, 6) is 0.226. The summed E-state index contributed by atoms with van der Waals surface area (Å²) in [6.45, 7) is 5.64. The van der Waals surface area contributed by atoms with Crippen LogP contribution in [0.1, 0.15) is 55.8 Å². The summed E-state index contributed by atoms with van der Waals surface area (Å²) in [5.41, 5.74) is 2.05. The number of nitrogens with zero attached hydrogens (tertiary/aromatic N) is 1. The second kappa shape index (κ2) is 65.9. The van der Waals surface area contributed by atoms with E-state index in [0.29, 0.717) is 76.8 Å². The number of nitrogens with one attached hydrogen (secondary N) is 1. The van der Waals surface area contributed by atoms with Crippen LogP contribution in [0.4, 0.5) is 30.7 Å². The van der Waals surface area contributed by atoms with Crippen molar-refractivity contribution in [2.45, 2.75) is 52.9 Å². The summed E-state index contributed by atoms with van der Waals surface area (Å²) in [6.07, 6.45) is 2.54. The number of carbonyl (C=O) groups excluding carboxylic acids is 2. The number of benzene rings is 6. The maximum Gasteiger partial charge on any atom is 1.00 e. The molecule has 39 heteroatoms. The molecule has 104 heavy (non-hydrogen) atoms. The fourth-order valence-electron chi connectivity index (χ4n) is 6.85. The van der Waals surface area contributed by atoms with Crippen molar-refractivity contribution in [3.05, 3.63) is 142 Å². The molecular formula is C65H88BCl3F7N2Na2O22S2. The minimum Gasteiger partial charge on any atom is -1.00 e. The van der Waals surface area contributed by atoms with Crippen LogP contribution in [-0.4, -0.2) is 173 Å². The van der Waals surface area contributed by atoms with Crippen LogP contribution in [0.3, 0.4) is 0 Å². The Kier molecular flexibility index (Phi) is 71.8. The van der Waals surface area contributed by atoms with Gasteiger partial charge in [0.25, 0.3) is 10.1 Å². The summed E-state index contributed by atoms with van der Waals surface area (Å²) >= 11 is 10.0. The number of aliphatic hydroxyl groups excluding tert-OH is 1. The van der Waals surface area contributed by atoms with Crippen molar-refractivity contribution in [3.8, 4) is 75.1 Å². The number of nitriles is 1. The molecule has 3 radical (unpaired) electrons. The van der Waals surface area contributed by atoms with Gasteiger partial charge in [-0.25, -0.2) is 34.8 Å². The Hall–Kier alpha value is -6.56. The number of hydrogen-bond donors (Lipinski definition) is 2. The first-order chi connectivity index (χ1) is 47.1. The monoisotopic (exact) mass is 1610 g/mol. The van der Waals surface area contributed by atoms with Gasteiger partial charge in [0.05, 0.1) is 166 Å². The number of ether oxygens (including phenoxy) is 14. The second-order valence-electron chi connectivity index (χ2n) is 17.1. The number of aliphatic hydroxyl groups is 1. The van der Waals surface area contributed by atoms with Gasteiger partial charge in [0, 0.05) is 111 Å². The average Bonchev–Trinajstić information content (AvgIpc) is 0.846. The van der Waals surface area contributed by atoms with Crippen molar-refractivity contribution < 1.29 is 195 Å². The van der Waals surface area contributed by atoms with Gasteiger partial charge in [-0.2, -0.15) is 13.7 Å². The third-order valence-corrected chi connectivity index (χ3v) is 11.8. The van der Waals surface area contributed by atoms with E-state index in [1.54, 1.807) is 13.0 Å². The van der Waals surface area contributed by atoms with E-state index >= 15 is 0 Å². The minimum absolute atomic E-state index is 0. The van der Waals surface area contributed by atoms with Crippen molar-refractivity contribution in [2.24, 2.45) is 0 Å². The molecule has 6 aromatic carbocycles. The zero-order valence-electron chi connectivity index (χ0n) is 61.4. The van der Waals surface area contributed by atoms with E-state index < -0.39 is 59.2 Å². The molecule has 0 aliphatic heterocycles. The zero-order chi connectivity index (χ0) is 77.9. The van der Waals surface area contributed by atoms with Gasteiger partial charge in [-0.1, -0.05) is 38.1 Å². The molecule has 577 valence electrons. The largest absolute Gasteiger partial charge is 1.00 e. The number of esters is 1. The van der Waals surface area contributed by atoms with Crippen LogP contribution in [0, 0.1) is 51.6 Å². The first-order valence-corrected chi connectivity index (χ1v) is 32.3. The van der Waals surface area contributed by atoms with Crippen LogP contribution < -0.4 is 116 Å². The molecule has 0 bridgehead atoms. The van der Waals surface area contributed by atoms with E-state index in [9.17, 15) is 57.2 Å². The number of halogens is 10. The number of alkyl halides is 3. The maximum atomic E-state index is 13.2. The molecule has 2 N–H and O–H groups in total. The molecule has 0 amide bonds. The standard InChI is InChI=1S/C12H15FO4.C10H10FNO2.C10H13FO5S.C9H11FO3.C9H9FO3.C8H9FO2.C2H4Cl2O.CH3ClO2S.CH3F.CH2N.2CH4.B.2Na.H/c1-4-17-12(14)7-9-10(15-2)5-8(13)6-11(9)16-3;1-13-9-5-7(11)6-10(14-2)8(9)3-4-12;1-14-9-4-7(11)5-10(15-2)8(9)6-16-17(3,12)13;2*1-12-8-3-6(10)4-9(13-2)7(8)5-11;1-10-7-3-6(9)4-8(5-7)11-2;1-5-2(3)4;1-5(2,3)4;2*1-2;;;;;;/h5-6H,4,7H2,1-3H3;5-6H,3H2,1-2H3;4-5H,6H2,1-3H3;3-4,11H,5H2,1-2H3;3-5H,1-2H3;3-5H,1-2H3;2H,1H3;1H3;1H3;1-2H;2*1H4;;;;/q;;;;;;;;;-1;;;;2*+1;-1/i/hD. The van der Waals surface area contributed by atoms with Crippen LogP contribution in [0.2, 0.25) is 1.41 Å². The van der Waals surface area contributed by atoms with Gasteiger partial charge in [0.2, 0.25) is 14.1 Å². The number of aldehydes is 1. The molecule has 6 aromatic rings. The Morgan fingerprint density at radius 2 is 0.808 bits per heavy atom. The molecule has 0 aliphatic carbocycles. The van der Waals surface area contributed by atoms with Gasteiger partial charge < -0.3 is 85.0 Å². The zero-order valence-corrected chi connectivity index (χ0v) is 67.3. The van der Waals surface area contributed by atoms with Crippen molar-refractivity contribution >= 4 is 80.4 Å². The van der Waals surface area contributed by atoms with Crippen molar-refractivity contribution in [1.29, 1.82) is 10.7 Å². The molecule has 24 nitrogen and oxygen atoms in total. The topological polar surface area (TPSA) is 309 Å². The molecule has 0 aliphatic rings. The molecular weight excluding hydrogens is 1520 g/mol. The second-order valence-corrected chi connectivity index (χ2v) is 22.9. The SMILES string of the molecule is C.C.CCOC(=O)Cc1c(OC)cc(F)cc1OC.CF.COC(Cl)Cl.COc1cc(F)cc(OC)c1.COc1cc(F)cc(OC)c1C=O.COc1cc(F)cc(OC)c1CC#N.COc1cc(F)cc(OC)c1CO.COc1cc(F)cc(OC)c1COS(C)(=O)=O.CS(=O)(=O)Cl.[2H]N=[CH-].[B].[H-].[Na+].[Na+]. The van der Waals surface area contributed by atoms with Crippen LogP contribution in [0.15, 0.2) is 78.9 Å². The molecule has 0 saturated heterocycles. The molecule has 0 unspecified atom stereocenters. The molecule has 0 aromatic heterocycles. The third-order valence-electron chi connectivity index (χ3n) is 10.9. The van der Waals surface area contributed by atoms with E-state index in [0.717, 1.165) is 36.8 Å². The summed E-state index contributed by atoms with van der Waals surface area (Å²) in [7, 11) is 16.5. The van der Waals surface area contributed by atoms with Crippen LogP contribution in [0.5, 0.6) is 69.0 Å². The van der Waals surface area contributed by atoms with Gasteiger partial charge >= 0.3 is 65.1 Å². The summed E-state index contributed by atoms with van der Waals surface area (Å²) < 4.78 is 206. The van der Waals surface area contributed by atoms with Gasteiger partial charge in [-0.05, 0) is 6.92 Å². The molecule has 0 heterocycles. The van der Waals surface area contributed by atoms with Crippen molar-refractivity contribution in [2.75, 3.05) is 119 Å². The minimum atomic E-state index is -3.59. The summed E-state index contributed by atoms with van der Waals surface area (Å²) in [6, 6.07) is 18.0. The molecule has 0 saturated carbocycles. The van der Waals surface area contributed by atoms with Gasteiger partial charge in [-0.15, -0.1) is 0 Å². The number of methoxy groups -OCH3 is 13. The van der Waals surface area contributed by atoms with Crippen molar-refractivity contribution in [3.63, 3.8) is 0 Å². The van der Waals surface area contributed by atoms with Crippen LogP contribution >= 0.6 is 33.9 Å². The van der Waals surface area contributed by atoms with Crippen LogP contribution in [-0.2, 0) is 63.7 Å². The van der Waals surface area contributed by atoms with E-state index in [-0.39, 0.29) is 156 Å². The predicted molar refractivity (Wildman–Crippen MR) is 377 cm³/mol. The molecule has 0 atom stereocenters. The Morgan fingerprint density at radius 1 is 0.558 bits per heavy atom. The molecule has 0 spiro atoms. The fraction of sp³-hybridized carbons (Fsp3) is 0.385. The Labute approximate surface area is 668 Å². The Balaban J connectivity index is -0.000000125. The normalized spacial score (nSPS) is 9.33. The molecule has 6 rings (SSSR count). The van der Waals surface area contributed by atoms with Gasteiger partial charge in [0.1, 0.15) is 105 Å². The fourth-order valence-corrected chi connectivity index (χ4v) is 7.18. The Morgan fingerprint density at radius 3 is 1.03 bits per heavy atom. The van der Waals surface area contributed by atoms with Crippen LogP contribution in [0.25, 0.3) is 0 Å². The average molecular weight is 1610 g/mol. The van der Waals surface area contributed by atoms with Gasteiger partial charge in [0.15, 0.2) is 6.29 Å². The van der Waals surface area contributed by atoms with E-state index in [4.69, 9.17) is 96.6 Å². The first kappa shape index (κ1) is 113. The number of hydrogen-bond acceptors (Lipinski definition) is 24. The van der Waals surface area contributed by atoms with E-state index in [1.165, 1.54) is 141 Å². The summed E-state index contributed by atoms with van der Waals surface area (Å²) in [4.78, 5) is 22.0.